The van der Waals surface area contributed by atoms with Crippen LogP contribution in [0.5, 0.6) is 0 Å². The molecular weight excluding hydrogens is 365 g/mol. The number of imidazole rings is 1. The van der Waals surface area contributed by atoms with Gasteiger partial charge in [-0.05, 0) is 18.2 Å². The summed E-state index contributed by atoms with van der Waals surface area (Å²) in [6.45, 7) is 0. The molecule has 2 heterocycles. The third-order valence-electron chi connectivity index (χ3n) is 3.20. The van der Waals surface area contributed by atoms with E-state index in [0.717, 1.165) is 33.6 Å². The van der Waals surface area contributed by atoms with Gasteiger partial charge in [0.2, 0.25) is 0 Å². The lowest BCUT2D eigenvalue weighted by Gasteiger charge is -2.10. The minimum atomic E-state index is -4.62. The highest BCUT2D eigenvalue weighted by atomic mass is 35.5. The maximum absolute atomic E-state index is 12.8. The normalized spacial score (nSPS) is 11.7. The van der Waals surface area contributed by atoms with Crippen LogP contribution < -0.4 is 11.0 Å². The molecule has 0 atom stereocenters. The number of aromatic nitrogens is 5. The van der Waals surface area contributed by atoms with Gasteiger partial charge in [-0.15, -0.1) is 5.10 Å². The van der Waals surface area contributed by atoms with E-state index in [1.165, 1.54) is 7.05 Å². The third-order valence-corrected chi connectivity index (χ3v) is 3.42. The molecule has 130 valence electrons. The fourth-order valence-electron chi connectivity index (χ4n) is 2.06. The summed E-state index contributed by atoms with van der Waals surface area (Å²) >= 11 is 5.66. The summed E-state index contributed by atoms with van der Waals surface area (Å²) in [6, 6.07) is 2.61. The van der Waals surface area contributed by atoms with Crippen molar-refractivity contribution in [1.29, 1.82) is 0 Å². The van der Waals surface area contributed by atoms with Gasteiger partial charge in [0.05, 0.1) is 5.56 Å². The lowest BCUT2D eigenvalue weighted by atomic mass is 10.2. The van der Waals surface area contributed by atoms with E-state index in [9.17, 15) is 22.8 Å². The van der Waals surface area contributed by atoms with Crippen LogP contribution in [0.3, 0.4) is 0 Å². The maximum Gasteiger partial charge on any atom is 0.416 e. The number of aryl methyl sites for hydroxylation is 1. The third kappa shape index (κ3) is 3.18. The number of nitrogens with one attached hydrogen (secondary N) is 1. The second-order valence-corrected chi connectivity index (χ2v) is 5.40. The quantitative estimate of drug-likeness (QED) is 0.739. The molecule has 0 aliphatic carbocycles. The van der Waals surface area contributed by atoms with Crippen molar-refractivity contribution < 1.29 is 18.0 Å². The van der Waals surface area contributed by atoms with Crippen molar-refractivity contribution in [3.8, 4) is 0 Å². The Labute approximate surface area is 141 Å². The molecule has 0 saturated carbocycles. The molecule has 1 N–H and O–H groups in total. The Morgan fingerprint density at radius 1 is 1.28 bits per heavy atom. The first-order valence-corrected chi connectivity index (χ1v) is 7.01. The van der Waals surface area contributed by atoms with Crippen molar-refractivity contribution in [1.82, 2.24) is 24.4 Å². The lowest BCUT2D eigenvalue weighted by Crippen LogP contribution is -2.27. The first kappa shape index (κ1) is 16.9. The van der Waals surface area contributed by atoms with Crippen molar-refractivity contribution in [3.05, 3.63) is 51.3 Å². The summed E-state index contributed by atoms with van der Waals surface area (Å²) in [5, 5.41) is 9.27. The van der Waals surface area contributed by atoms with Crippen molar-refractivity contribution in [2.45, 2.75) is 6.18 Å². The molecule has 12 heteroatoms. The molecule has 0 fully saturated rings. The molecule has 0 unspecified atom stereocenters. The number of carbonyl (C=O) groups excluding carboxylic acids is 1. The Hall–Kier alpha value is -2.95. The van der Waals surface area contributed by atoms with Gasteiger partial charge in [0.1, 0.15) is 6.33 Å². The van der Waals surface area contributed by atoms with Gasteiger partial charge in [-0.3, -0.25) is 4.79 Å². The number of halogens is 4. The number of benzene rings is 1. The van der Waals surface area contributed by atoms with Crippen LogP contribution in [-0.2, 0) is 13.2 Å². The van der Waals surface area contributed by atoms with E-state index in [1.807, 2.05) is 0 Å². The fourth-order valence-corrected chi connectivity index (χ4v) is 2.29. The van der Waals surface area contributed by atoms with E-state index in [-0.39, 0.29) is 22.1 Å². The molecule has 25 heavy (non-hydrogen) atoms. The summed E-state index contributed by atoms with van der Waals surface area (Å²) in [7, 11) is 1.36. The van der Waals surface area contributed by atoms with Gasteiger partial charge >= 0.3 is 11.9 Å². The standard InChI is InChI=1S/C13H8ClF3N6O2/c1-22-12(25)23-5-18-9(10(23)20-21-22)11(24)19-8-3-6(13(15,16)17)2-7(14)4-8/h2-5H,1H3,(H,19,24). The zero-order valence-corrected chi connectivity index (χ0v) is 13.1. The molecule has 2 aromatic heterocycles. The van der Waals surface area contributed by atoms with Crippen LogP contribution in [-0.4, -0.2) is 30.3 Å². The van der Waals surface area contributed by atoms with E-state index in [0.29, 0.717) is 0 Å². The Balaban J connectivity index is 1.97. The fraction of sp³-hybridized carbons (Fsp3) is 0.154. The van der Waals surface area contributed by atoms with Crippen LogP contribution in [0, 0.1) is 0 Å². The molecule has 3 rings (SSSR count). The average molecular weight is 373 g/mol. The summed E-state index contributed by atoms with van der Waals surface area (Å²) in [5.41, 5.74) is -2.17. The van der Waals surface area contributed by atoms with E-state index in [1.54, 1.807) is 0 Å². The Bertz CT molecular complexity index is 1040. The van der Waals surface area contributed by atoms with Gasteiger partial charge in [0.15, 0.2) is 11.3 Å². The molecule has 8 nitrogen and oxygen atoms in total. The lowest BCUT2D eigenvalue weighted by molar-refractivity contribution is -0.137. The molecule has 0 aliphatic heterocycles. The van der Waals surface area contributed by atoms with Crippen molar-refractivity contribution in [2.75, 3.05) is 5.32 Å². The van der Waals surface area contributed by atoms with E-state index in [2.05, 4.69) is 20.6 Å². The molecule has 1 amide bonds. The molecule has 0 aliphatic rings. The average Bonchev–Trinajstić information content (AvgIpc) is 2.94. The topological polar surface area (TPSA) is 94.2 Å². The van der Waals surface area contributed by atoms with Crippen molar-refractivity contribution in [3.63, 3.8) is 0 Å². The van der Waals surface area contributed by atoms with Gasteiger partial charge in [-0.1, -0.05) is 16.8 Å². The SMILES string of the molecule is Cn1nnc2c(C(=O)Nc3cc(Cl)cc(C(F)(F)F)c3)ncn2c1=O. The second-order valence-electron chi connectivity index (χ2n) is 4.96. The Kier molecular flexibility index (Phi) is 3.95. The van der Waals surface area contributed by atoms with Crippen LogP contribution in [0.1, 0.15) is 16.1 Å². The smallest absolute Gasteiger partial charge is 0.320 e. The predicted molar refractivity (Wildman–Crippen MR) is 80.4 cm³/mol. The van der Waals surface area contributed by atoms with E-state index >= 15 is 0 Å². The zero-order valence-electron chi connectivity index (χ0n) is 12.4. The van der Waals surface area contributed by atoms with Crippen LogP contribution in [0.15, 0.2) is 29.3 Å². The number of fused-ring (bicyclic) bond motifs is 1. The van der Waals surface area contributed by atoms with Gasteiger partial charge in [-0.2, -0.15) is 17.9 Å². The van der Waals surface area contributed by atoms with Gasteiger partial charge in [-0.25, -0.2) is 14.2 Å². The summed E-state index contributed by atoms with van der Waals surface area (Å²) in [5.74, 6) is -0.861. The number of anilines is 1. The highest BCUT2D eigenvalue weighted by molar-refractivity contribution is 6.31. The molecule has 0 spiro atoms. The number of nitrogens with zero attached hydrogens (tertiary/aromatic N) is 5. The Morgan fingerprint density at radius 2 is 2.00 bits per heavy atom. The molecular formula is C13H8ClF3N6O2. The summed E-state index contributed by atoms with van der Waals surface area (Å²) in [6.07, 6.45) is -3.55. The van der Waals surface area contributed by atoms with Gasteiger partial charge in [0, 0.05) is 17.8 Å². The molecule has 0 bridgehead atoms. The minimum Gasteiger partial charge on any atom is -0.320 e. The Morgan fingerprint density at radius 3 is 2.68 bits per heavy atom. The van der Waals surface area contributed by atoms with Crippen molar-refractivity contribution in [2.24, 2.45) is 7.05 Å². The van der Waals surface area contributed by atoms with Crippen molar-refractivity contribution >= 4 is 28.8 Å². The van der Waals surface area contributed by atoms with Gasteiger partial charge < -0.3 is 5.32 Å². The first-order chi connectivity index (χ1) is 11.7. The molecule has 0 saturated heterocycles. The number of hydrogen-bond donors (Lipinski definition) is 1. The predicted octanol–water partition coefficient (Wildman–Crippen LogP) is 1.75. The number of hydrogen-bond acceptors (Lipinski definition) is 5. The highest BCUT2D eigenvalue weighted by Gasteiger charge is 2.31. The molecule has 3 aromatic rings. The van der Waals surface area contributed by atoms with Crippen LogP contribution in [0.25, 0.3) is 5.65 Å². The van der Waals surface area contributed by atoms with Crippen LogP contribution in [0.4, 0.5) is 18.9 Å². The van der Waals surface area contributed by atoms with Gasteiger partial charge in [0.25, 0.3) is 5.91 Å². The number of carbonyl (C=O) groups is 1. The van der Waals surface area contributed by atoms with E-state index < -0.39 is 23.3 Å². The summed E-state index contributed by atoms with van der Waals surface area (Å²) in [4.78, 5) is 27.9. The monoisotopic (exact) mass is 372 g/mol. The number of alkyl halides is 3. The van der Waals surface area contributed by atoms with Crippen LogP contribution >= 0.6 is 11.6 Å². The number of rotatable bonds is 2. The number of amides is 1. The maximum atomic E-state index is 12.8. The zero-order chi connectivity index (χ0) is 18.4. The molecule has 0 radical (unpaired) electrons. The first-order valence-electron chi connectivity index (χ1n) is 6.63. The van der Waals surface area contributed by atoms with E-state index in [4.69, 9.17) is 11.6 Å². The molecule has 1 aromatic carbocycles. The highest BCUT2D eigenvalue weighted by Crippen LogP contribution is 2.33. The van der Waals surface area contributed by atoms with Crippen LogP contribution in [0.2, 0.25) is 5.02 Å². The minimum absolute atomic E-state index is 0.126. The largest absolute Gasteiger partial charge is 0.416 e. The summed E-state index contributed by atoms with van der Waals surface area (Å²) < 4.78 is 40.3. The second kappa shape index (κ2) is 5.84.